The van der Waals surface area contributed by atoms with Gasteiger partial charge in [-0.2, -0.15) is 0 Å². The van der Waals surface area contributed by atoms with E-state index in [0.717, 1.165) is 18.2 Å². The highest BCUT2D eigenvalue weighted by Gasteiger charge is 2.28. The minimum atomic E-state index is -0.222. The highest BCUT2D eigenvalue weighted by Crippen LogP contribution is 2.25. The molecule has 2 atom stereocenters. The predicted octanol–water partition coefficient (Wildman–Crippen LogP) is 2.28. The van der Waals surface area contributed by atoms with E-state index in [0.29, 0.717) is 5.02 Å². The Morgan fingerprint density at radius 1 is 1.48 bits per heavy atom. The number of nitrogens with one attached hydrogen (secondary N) is 2. The lowest BCUT2D eigenvalue weighted by Gasteiger charge is -2.39. The van der Waals surface area contributed by atoms with Crippen molar-refractivity contribution in [2.24, 2.45) is 0 Å². The van der Waals surface area contributed by atoms with Gasteiger partial charge in [0.2, 0.25) is 0 Å². The molecule has 1 heterocycles. The monoisotopic (exact) mass is 346 g/mol. The number of halogens is 1. The molecule has 1 aliphatic rings. The SMILES string of the molecule is CC(C(=O)NNc1ccc(Cl)cc1)N1CSC(S)N(C)C1. The quantitative estimate of drug-likeness (QED) is 0.577. The lowest BCUT2D eigenvalue weighted by molar-refractivity contribution is -0.125. The number of thioether (sulfide) groups is 1. The summed E-state index contributed by atoms with van der Waals surface area (Å²) in [6.45, 7) is 2.61. The number of carbonyl (C=O) groups is 1. The lowest BCUT2D eigenvalue weighted by Crippen LogP contribution is -2.53. The van der Waals surface area contributed by atoms with Crippen LogP contribution in [0.2, 0.25) is 5.02 Å². The van der Waals surface area contributed by atoms with Crippen molar-refractivity contribution in [2.45, 2.75) is 17.7 Å². The third kappa shape index (κ3) is 4.69. The van der Waals surface area contributed by atoms with E-state index in [1.54, 1.807) is 23.9 Å². The fourth-order valence-corrected chi connectivity index (χ4v) is 3.21. The molecular formula is C13H19ClN4OS2. The zero-order chi connectivity index (χ0) is 15.4. The molecule has 0 aromatic heterocycles. The van der Waals surface area contributed by atoms with E-state index in [4.69, 9.17) is 11.6 Å². The van der Waals surface area contributed by atoms with Gasteiger partial charge in [-0.15, -0.1) is 24.4 Å². The van der Waals surface area contributed by atoms with Crippen molar-refractivity contribution in [3.8, 4) is 0 Å². The summed E-state index contributed by atoms with van der Waals surface area (Å²) < 4.78 is 0.184. The average molecular weight is 347 g/mol. The number of thiol groups is 1. The molecule has 1 aromatic carbocycles. The minimum Gasteiger partial charge on any atom is -0.299 e. The molecule has 5 nitrogen and oxygen atoms in total. The van der Waals surface area contributed by atoms with Crippen LogP contribution in [0.5, 0.6) is 0 Å². The van der Waals surface area contributed by atoms with Crippen molar-refractivity contribution < 1.29 is 4.79 Å². The molecule has 0 spiro atoms. The van der Waals surface area contributed by atoms with Crippen LogP contribution in [0.15, 0.2) is 24.3 Å². The first kappa shape index (κ1) is 16.8. The molecule has 0 saturated carbocycles. The van der Waals surface area contributed by atoms with E-state index in [9.17, 15) is 4.79 Å². The molecule has 2 N–H and O–H groups in total. The molecule has 2 unspecified atom stereocenters. The standard InChI is InChI=1S/C13H19ClN4OS2/c1-9(18-7-17(2)13(20)21-8-18)12(19)16-15-11-5-3-10(14)4-6-11/h3-6,9,13,15,20H,7-8H2,1-2H3,(H,16,19). The van der Waals surface area contributed by atoms with Gasteiger partial charge in [-0.25, -0.2) is 0 Å². The molecule has 8 heteroatoms. The molecule has 0 bridgehead atoms. The Morgan fingerprint density at radius 2 is 2.14 bits per heavy atom. The minimum absolute atomic E-state index is 0.0726. The van der Waals surface area contributed by atoms with Gasteiger partial charge < -0.3 is 0 Å². The average Bonchev–Trinajstić information content (AvgIpc) is 2.48. The van der Waals surface area contributed by atoms with Crippen molar-refractivity contribution in [2.75, 3.05) is 25.0 Å². The first-order chi connectivity index (χ1) is 9.97. The number of rotatable bonds is 4. The third-order valence-electron chi connectivity index (χ3n) is 3.27. The second-order valence-corrected chi connectivity index (χ2v) is 7.22. The maximum absolute atomic E-state index is 12.2. The van der Waals surface area contributed by atoms with Crippen LogP contribution in [0.3, 0.4) is 0 Å². The van der Waals surface area contributed by atoms with Crippen molar-refractivity contribution in [1.29, 1.82) is 0 Å². The number of anilines is 1. The molecule has 2 rings (SSSR count). The molecule has 0 aliphatic carbocycles. The largest absolute Gasteiger partial charge is 0.299 e. The zero-order valence-electron chi connectivity index (χ0n) is 11.9. The Kier molecular flexibility index (Phi) is 6.07. The Bertz CT molecular complexity index is 488. The van der Waals surface area contributed by atoms with Crippen LogP contribution in [-0.2, 0) is 4.79 Å². The van der Waals surface area contributed by atoms with Crippen LogP contribution in [-0.4, -0.2) is 46.0 Å². The molecule has 0 radical (unpaired) electrons. The summed E-state index contributed by atoms with van der Waals surface area (Å²) in [5, 5.41) is 0.662. The number of hydrogen-bond donors (Lipinski definition) is 3. The van der Waals surface area contributed by atoms with Crippen molar-refractivity contribution in [3.63, 3.8) is 0 Å². The molecule has 1 saturated heterocycles. The van der Waals surface area contributed by atoms with Crippen LogP contribution in [0.25, 0.3) is 0 Å². The van der Waals surface area contributed by atoms with E-state index in [-0.39, 0.29) is 16.7 Å². The van der Waals surface area contributed by atoms with Crippen molar-refractivity contribution in [1.82, 2.24) is 15.2 Å². The van der Waals surface area contributed by atoms with Gasteiger partial charge in [0.1, 0.15) is 4.71 Å². The van der Waals surface area contributed by atoms with Gasteiger partial charge in [-0.1, -0.05) is 11.6 Å². The summed E-state index contributed by atoms with van der Waals surface area (Å²) >= 11 is 12.0. The first-order valence-corrected chi connectivity index (χ1v) is 8.47. The number of nitrogens with zero attached hydrogens (tertiary/aromatic N) is 2. The fourth-order valence-electron chi connectivity index (χ4n) is 1.86. The van der Waals surface area contributed by atoms with E-state index in [1.165, 1.54) is 0 Å². The third-order valence-corrected chi connectivity index (χ3v) is 5.50. The molecule has 1 fully saturated rings. The number of amides is 1. The summed E-state index contributed by atoms with van der Waals surface area (Å²) in [5.74, 6) is 0.713. The number of hydrazine groups is 1. The van der Waals surface area contributed by atoms with E-state index < -0.39 is 0 Å². The summed E-state index contributed by atoms with van der Waals surface area (Å²) in [4.78, 5) is 16.4. The van der Waals surface area contributed by atoms with Gasteiger partial charge in [-0.3, -0.25) is 25.4 Å². The molecule has 116 valence electrons. The van der Waals surface area contributed by atoms with Crippen LogP contribution in [0, 0.1) is 0 Å². The number of carbonyl (C=O) groups excluding carboxylic acids is 1. The van der Waals surface area contributed by atoms with E-state index in [1.807, 2.05) is 26.1 Å². The summed E-state index contributed by atoms with van der Waals surface area (Å²) in [6.07, 6.45) is 0. The maximum Gasteiger partial charge on any atom is 0.255 e. The second kappa shape index (κ2) is 7.60. The van der Waals surface area contributed by atoms with Gasteiger partial charge in [-0.05, 0) is 38.2 Å². The summed E-state index contributed by atoms with van der Waals surface area (Å²) in [7, 11) is 1.99. The Hall–Kier alpha value is -0.600. The Morgan fingerprint density at radius 3 is 2.76 bits per heavy atom. The topological polar surface area (TPSA) is 47.6 Å². The maximum atomic E-state index is 12.2. The molecule has 1 aromatic rings. The lowest BCUT2D eigenvalue weighted by atomic mass is 10.3. The molecule has 1 aliphatic heterocycles. The zero-order valence-corrected chi connectivity index (χ0v) is 14.4. The van der Waals surface area contributed by atoms with E-state index in [2.05, 4.69) is 33.3 Å². The molecule has 1 amide bonds. The fraction of sp³-hybridized carbons (Fsp3) is 0.462. The summed E-state index contributed by atoms with van der Waals surface area (Å²) in [5.41, 5.74) is 6.40. The van der Waals surface area contributed by atoms with Gasteiger partial charge in [0, 0.05) is 10.9 Å². The normalized spacial score (nSPS) is 21.8. The van der Waals surface area contributed by atoms with Crippen LogP contribution >= 0.6 is 36.0 Å². The number of hydrogen-bond acceptors (Lipinski definition) is 6. The van der Waals surface area contributed by atoms with Gasteiger partial charge in [0.05, 0.1) is 18.4 Å². The van der Waals surface area contributed by atoms with Crippen molar-refractivity contribution >= 4 is 47.6 Å². The van der Waals surface area contributed by atoms with Gasteiger partial charge >= 0.3 is 0 Å². The Balaban J connectivity index is 1.83. The molecular weight excluding hydrogens is 328 g/mol. The van der Waals surface area contributed by atoms with Crippen LogP contribution < -0.4 is 10.9 Å². The molecule has 21 heavy (non-hydrogen) atoms. The summed E-state index contributed by atoms with van der Waals surface area (Å²) in [6, 6.07) is 6.93. The first-order valence-electron chi connectivity index (χ1n) is 6.53. The smallest absolute Gasteiger partial charge is 0.255 e. The van der Waals surface area contributed by atoms with Gasteiger partial charge in [0.25, 0.3) is 5.91 Å². The highest BCUT2D eigenvalue weighted by molar-refractivity contribution is 8.10. The number of benzene rings is 1. The predicted molar refractivity (Wildman–Crippen MR) is 92.4 cm³/mol. The van der Waals surface area contributed by atoms with Crippen LogP contribution in [0.1, 0.15) is 6.92 Å². The highest BCUT2D eigenvalue weighted by atomic mass is 35.5. The van der Waals surface area contributed by atoms with E-state index >= 15 is 0 Å². The second-order valence-electron chi connectivity index (χ2n) is 4.91. The van der Waals surface area contributed by atoms with Crippen molar-refractivity contribution in [3.05, 3.63) is 29.3 Å². The Labute approximate surface area is 139 Å². The van der Waals surface area contributed by atoms with Gasteiger partial charge in [0.15, 0.2) is 0 Å². The van der Waals surface area contributed by atoms with Crippen LogP contribution in [0.4, 0.5) is 5.69 Å².